The molecule has 4 heterocycles. The number of hydrogen-bond acceptors (Lipinski definition) is 12. The van der Waals surface area contributed by atoms with Gasteiger partial charge < -0.3 is 44.6 Å². The fraction of sp³-hybridized carbons (Fsp3) is 0.531. The number of aliphatic hydroxyl groups excluding tert-OH is 1. The molecular formula is C32H40N4O12. The van der Waals surface area contributed by atoms with Crippen molar-refractivity contribution in [2.24, 2.45) is 17.1 Å². The second-order valence-corrected chi connectivity index (χ2v) is 13.3. The number of carbonyl (C=O) groups is 3. The predicted molar refractivity (Wildman–Crippen MR) is 166 cm³/mol. The van der Waals surface area contributed by atoms with E-state index in [0.717, 1.165) is 16.8 Å². The number of hydrogen-bond donors (Lipinski definition) is 3. The number of aliphatic hydroxyl groups is 1. The molecule has 16 heteroatoms. The zero-order valence-corrected chi connectivity index (χ0v) is 27.4. The van der Waals surface area contributed by atoms with Crippen molar-refractivity contribution in [3.05, 3.63) is 75.3 Å². The summed E-state index contributed by atoms with van der Waals surface area (Å²) in [6.45, 7) is 9.06. The van der Waals surface area contributed by atoms with Gasteiger partial charge in [-0.15, -0.1) is 0 Å². The summed E-state index contributed by atoms with van der Waals surface area (Å²) in [7, 11) is 0. The summed E-state index contributed by atoms with van der Waals surface area (Å²) in [6, 6.07) is 9.71. The van der Waals surface area contributed by atoms with Crippen LogP contribution in [-0.4, -0.2) is 74.6 Å². The molecule has 48 heavy (non-hydrogen) atoms. The standard InChI is InChI=1S/C32H40N4O12/c1-16-21(38)27(35-13-12-20(37)36(30(35)42)15-43-29(41)31(2,3)4)45-22(16)24(25(33)39)46-28-23-18(47-32(5,6)48-23)14-19(44-28)26(40)34-17-10-8-7-9-11-17/h7-14,16,18,21-24,27-28,38H,15H2,1-6H3,(H2,33,39)(H,34,40)/t16-,18-,21+,22-,23-,24+,27+,28+/m0/s1. The third-order valence-electron chi connectivity index (χ3n) is 8.06. The van der Waals surface area contributed by atoms with Crippen LogP contribution in [0.3, 0.4) is 0 Å². The highest BCUT2D eigenvalue weighted by Gasteiger charge is 2.54. The van der Waals surface area contributed by atoms with Crippen LogP contribution in [0.25, 0.3) is 0 Å². The smallest absolute Gasteiger partial charge is 0.335 e. The SMILES string of the molecule is C[C@H]1[C@@H](O)[C@H](n2ccc(=O)n(COC(=O)C(C)(C)C)c2=O)O[C@@H]1[C@@H](O[C@H]1OC(C(=O)Nc2ccccc2)=C[C@@H]2OC(C)(C)O[C@H]12)C(N)=O. The molecule has 0 unspecified atom stereocenters. The van der Waals surface area contributed by atoms with Crippen molar-refractivity contribution in [1.29, 1.82) is 0 Å². The van der Waals surface area contributed by atoms with Gasteiger partial charge in [-0.1, -0.05) is 25.1 Å². The van der Waals surface area contributed by atoms with Gasteiger partial charge in [0.1, 0.15) is 18.3 Å². The van der Waals surface area contributed by atoms with Gasteiger partial charge in [-0.2, -0.15) is 0 Å². The van der Waals surface area contributed by atoms with Gasteiger partial charge in [-0.25, -0.2) is 9.36 Å². The van der Waals surface area contributed by atoms with E-state index < -0.39 is 95.9 Å². The Hall–Kier alpha value is -4.35. The first-order valence-electron chi connectivity index (χ1n) is 15.3. The van der Waals surface area contributed by atoms with E-state index in [1.165, 1.54) is 6.08 Å². The lowest BCUT2D eigenvalue weighted by atomic mass is 9.95. The molecule has 0 spiro atoms. The van der Waals surface area contributed by atoms with Crippen molar-refractivity contribution in [1.82, 2.24) is 9.13 Å². The average molecular weight is 673 g/mol. The summed E-state index contributed by atoms with van der Waals surface area (Å²) >= 11 is 0. The Bertz CT molecular complexity index is 1690. The van der Waals surface area contributed by atoms with Crippen LogP contribution in [0.2, 0.25) is 0 Å². The number of benzene rings is 1. The topological polar surface area (TPSA) is 209 Å². The maximum absolute atomic E-state index is 13.4. The molecule has 3 aliphatic heterocycles. The highest BCUT2D eigenvalue weighted by atomic mass is 16.8. The van der Waals surface area contributed by atoms with E-state index in [-0.39, 0.29) is 5.76 Å². The van der Waals surface area contributed by atoms with Crippen LogP contribution >= 0.6 is 0 Å². The number of aromatic nitrogens is 2. The van der Waals surface area contributed by atoms with Gasteiger partial charge in [-0.05, 0) is 52.8 Å². The van der Waals surface area contributed by atoms with Gasteiger partial charge in [-0.3, -0.25) is 23.7 Å². The number of nitrogens with two attached hydrogens (primary N) is 1. The molecule has 0 radical (unpaired) electrons. The largest absolute Gasteiger partial charge is 0.456 e. The number of anilines is 1. The molecule has 0 bridgehead atoms. The van der Waals surface area contributed by atoms with Crippen LogP contribution in [0.1, 0.15) is 47.8 Å². The summed E-state index contributed by atoms with van der Waals surface area (Å²) in [5.74, 6) is -4.36. The Balaban J connectivity index is 1.38. The molecule has 8 atom stereocenters. The number of rotatable bonds is 9. The maximum atomic E-state index is 13.4. The van der Waals surface area contributed by atoms with E-state index in [9.17, 15) is 29.1 Å². The lowest BCUT2D eigenvalue weighted by Crippen LogP contribution is -2.51. The minimum absolute atomic E-state index is 0.158. The van der Waals surface area contributed by atoms with Gasteiger partial charge in [0.05, 0.1) is 5.41 Å². The van der Waals surface area contributed by atoms with Crippen LogP contribution < -0.4 is 22.3 Å². The lowest BCUT2D eigenvalue weighted by molar-refractivity contribution is -0.238. The molecule has 0 aliphatic carbocycles. The molecule has 0 saturated carbocycles. The summed E-state index contributed by atoms with van der Waals surface area (Å²) in [4.78, 5) is 64.2. The fourth-order valence-corrected chi connectivity index (χ4v) is 5.52. The van der Waals surface area contributed by atoms with Crippen molar-refractivity contribution >= 4 is 23.5 Å². The first-order chi connectivity index (χ1) is 22.5. The lowest BCUT2D eigenvalue weighted by Gasteiger charge is -2.34. The van der Waals surface area contributed by atoms with E-state index in [2.05, 4.69) is 5.32 Å². The number of para-hydroxylation sites is 1. The van der Waals surface area contributed by atoms with Gasteiger partial charge in [0.2, 0.25) is 12.2 Å². The third kappa shape index (κ3) is 7.22. The number of amides is 2. The number of fused-ring (bicyclic) bond motifs is 1. The van der Waals surface area contributed by atoms with Crippen LogP contribution in [0.4, 0.5) is 5.69 Å². The van der Waals surface area contributed by atoms with E-state index in [0.29, 0.717) is 10.3 Å². The first kappa shape index (κ1) is 35.0. The van der Waals surface area contributed by atoms with E-state index in [4.69, 9.17) is 34.2 Å². The monoisotopic (exact) mass is 672 g/mol. The highest BCUT2D eigenvalue weighted by Crippen LogP contribution is 2.40. The molecule has 2 fully saturated rings. The molecule has 1 aromatic carbocycles. The van der Waals surface area contributed by atoms with Gasteiger partial charge >= 0.3 is 11.7 Å². The van der Waals surface area contributed by atoms with Crippen molar-refractivity contribution in [3.63, 3.8) is 0 Å². The Morgan fingerprint density at radius 2 is 1.79 bits per heavy atom. The van der Waals surface area contributed by atoms with Crippen LogP contribution in [0.15, 0.2) is 64.0 Å². The molecular weight excluding hydrogens is 632 g/mol. The number of primary amides is 1. The number of esters is 1. The number of carbonyl (C=O) groups excluding carboxylic acids is 3. The molecule has 16 nitrogen and oxygen atoms in total. The summed E-state index contributed by atoms with van der Waals surface area (Å²) in [6.07, 6.45) is -6.18. The quantitative estimate of drug-likeness (QED) is 0.315. The molecule has 2 amide bonds. The summed E-state index contributed by atoms with van der Waals surface area (Å²) < 4.78 is 36.8. The van der Waals surface area contributed by atoms with Gasteiger partial charge in [0.25, 0.3) is 11.5 Å². The van der Waals surface area contributed by atoms with Crippen molar-refractivity contribution in [2.45, 2.75) is 97.1 Å². The number of ether oxygens (including phenoxy) is 6. The molecule has 1 aromatic heterocycles. The van der Waals surface area contributed by atoms with E-state index in [1.807, 2.05) is 0 Å². The van der Waals surface area contributed by atoms with Gasteiger partial charge in [0, 0.05) is 23.9 Å². The number of nitrogens with one attached hydrogen (secondary N) is 1. The minimum atomic E-state index is -1.58. The highest BCUT2D eigenvalue weighted by molar-refractivity contribution is 6.02. The predicted octanol–water partition coefficient (Wildman–Crippen LogP) is 0.721. The van der Waals surface area contributed by atoms with Crippen molar-refractivity contribution < 1.29 is 47.9 Å². The van der Waals surface area contributed by atoms with Crippen LogP contribution in [0, 0.1) is 11.3 Å². The molecule has 4 N–H and O–H groups in total. The fourth-order valence-electron chi connectivity index (χ4n) is 5.52. The van der Waals surface area contributed by atoms with Crippen molar-refractivity contribution in [3.8, 4) is 0 Å². The van der Waals surface area contributed by atoms with Crippen LogP contribution in [0.5, 0.6) is 0 Å². The average Bonchev–Trinajstić information content (AvgIpc) is 3.48. The second kappa shape index (κ2) is 13.3. The Morgan fingerprint density at radius 3 is 2.44 bits per heavy atom. The zero-order valence-electron chi connectivity index (χ0n) is 27.4. The Labute approximate surface area is 275 Å². The molecule has 5 rings (SSSR count). The van der Waals surface area contributed by atoms with E-state index in [1.54, 1.807) is 71.9 Å². The molecule has 2 aromatic rings. The summed E-state index contributed by atoms with van der Waals surface area (Å²) in [5.41, 5.74) is 3.72. The second-order valence-electron chi connectivity index (χ2n) is 13.3. The minimum Gasteiger partial charge on any atom is -0.456 e. The normalized spacial score (nSPS) is 28.5. The first-order valence-corrected chi connectivity index (χ1v) is 15.3. The zero-order chi connectivity index (χ0) is 35.1. The summed E-state index contributed by atoms with van der Waals surface area (Å²) in [5, 5.41) is 13.9. The third-order valence-corrected chi connectivity index (χ3v) is 8.06. The Morgan fingerprint density at radius 1 is 1.10 bits per heavy atom. The van der Waals surface area contributed by atoms with Crippen LogP contribution in [-0.2, 0) is 49.5 Å². The Kier molecular flexibility index (Phi) is 9.67. The number of nitrogens with zero attached hydrogens (tertiary/aromatic N) is 2. The maximum Gasteiger partial charge on any atom is 0.335 e. The molecule has 260 valence electrons. The molecule has 3 aliphatic rings. The van der Waals surface area contributed by atoms with Gasteiger partial charge in [0.15, 0.2) is 36.7 Å². The van der Waals surface area contributed by atoms with Crippen molar-refractivity contribution in [2.75, 3.05) is 5.32 Å². The van der Waals surface area contributed by atoms with E-state index >= 15 is 0 Å². The molecule has 2 saturated heterocycles.